The molecule has 172 valence electrons. The molecule has 0 unspecified atom stereocenters. The fraction of sp³-hybridized carbons (Fsp3) is 0.810. The molecule has 2 saturated heterocycles. The van der Waals surface area contributed by atoms with Gasteiger partial charge in [0, 0.05) is 45.5 Å². The summed E-state index contributed by atoms with van der Waals surface area (Å²) in [6.45, 7) is 6.41. The van der Waals surface area contributed by atoms with Crippen LogP contribution in [0, 0.1) is 11.3 Å². The second-order valence-electron chi connectivity index (χ2n) is 8.78. The van der Waals surface area contributed by atoms with Crippen LogP contribution in [-0.4, -0.2) is 72.6 Å². The smallest absolute Gasteiger partial charge is 0.227 e. The van der Waals surface area contributed by atoms with Crippen LogP contribution in [0.25, 0.3) is 0 Å². The Morgan fingerprint density at radius 3 is 2.87 bits per heavy atom. The van der Waals surface area contributed by atoms with Crippen molar-refractivity contribution in [2.24, 2.45) is 18.4 Å². The molecular formula is C21H37Cl2N5O2. The van der Waals surface area contributed by atoms with E-state index in [1.165, 1.54) is 5.56 Å². The number of morpholine rings is 1. The van der Waals surface area contributed by atoms with Crippen molar-refractivity contribution in [3.8, 4) is 0 Å². The molecule has 1 aromatic rings. The van der Waals surface area contributed by atoms with E-state index in [1.54, 1.807) is 0 Å². The number of carbonyl (C=O) groups is 1. The first kappa shape index (κ1) is 25.4. The molecule has 1 aromatic heterocycles. The van der Waals surface area contributed by atoms with Crippen LogP contribution in [0.15, 0.2) is 12.4 Å². The molecule has 3 heterocycles. The lowest BCUT2D eigenvalue weighted by Gasteiger charge is -2.50. The Balaban J connectivity index is 0.00000160. The van der Waals surface area contributed by atoms with E-state index in [2.05, 4.69) is 26.8 Å². The van der Waals surface area contributed by atoms with Crippen LogP contribution in [0.2, 0.25) is 0 Å². The van der Waals surface area contributed by atoms with Crippen LogP contribution < -0.4 is 10.6 Å². The number of halogens is 2. The van der Waals surface area contributed by atoms with Gasteiger partial charge >= 0.3 is 0 Å². The van der Waals surface area contributed by atoms with E-state index in [0.29, 0.717) is 12.0 Å². The van der Waals surface area contributed by atoms with Gasteiger partial charge < -0.3 is 15.4 Å². The number of amides is 1. The number of aromatic nitrogens is 2. The lowest BCUT2D eigenvalue weighted by Crippen LogP contribution is -2.60. The van der Waals surface area contributed by atoms with E-state index in [9.17, 15) is 4.79 Å². The predicted octanol–water partition coefficient (Wildman–Crippen LogP) is 1.79. The first-order chi connectivity index (χ1) is 13.7. The molecule has 2 aliphatic heterocycles. The number of hydrogen-bond acceptors (Lipinski definition) is 5. The van der Waals surface area contributed by atoms with E-state index in [1.807, 2.05) is 17.9 Å². The summed E-state index contributed by atoms with van der Waals surface area (Å²) in [4.78, 5) is 15.8. The number of carbonyl (C=O) groups excluding carboxylic acids is 1. The number of hydrogen-bond donors (Lipinski definition) is 2. The van der Waals surface area contributed by atoms with Crippen LogP contribution in [0.5, 0.6) is 0 Å². The third-order valence-electron chi connectivity index (χ3n) is 7.07. The van der Waals surface area contributed by atoms with Crippen molar-refractivity contribution in [1.29, 1.82) is 0 Å². The maximum Gasteiger partial charge on any atom is 0.227 e. The van der Waals surface area contributed by atoms with Gasteiger partial charge in [0.1, 0.15) is 0 Å². The lowest BCUT2D eigenvalue weighted by atomic mass is 9.61. The summed E-state index contributed by atoms with van der Waals surface area (Å²) in [5.74, 6) is 0.769. The molecule has 1 amide bonds. The summed E-state index contributed by atoms with van der Waals surface area (Å²) in [6, 6.07) is 0.624. The quantitative estimate of drug-likeness (QED) is 0.631. The first-order valence-electron chi connectivity index (χ1n) is 11.0. The fourth-order valence-corrected chi connectivity index (χ4v) is 5.44. The maximum atomic E-state index is 13.3. The van der Waals surface area contributed by atoms with Crippen LogP contribution in [-0.2, 0) is 23.0 Å². The highest BCUT2D eigenvalue weighted by atomic mass is 35.5. The molecule has 0 aromatic carbocycles. The highest BCUT2D eigenvalue weighted by molar-refractivity contribution is 5.85. The molecule has 3 atom stereocenters. The largest absolute Gasteiger partial charge is 0.379 e. The molecule has 9 heteroatoms. The third kappa shape index (κ3) is 5.68. The van der Waals surface area contributed by atoms with Gasteiger partial charge in [-0.05, 0) is 56.6 Å². The minimum Gasteiger partial charge on any atom is -0.379 e. The summed E-state index contributed by atoms with van der Waals surface area (Å²) in [7, 11) is 1.94. The van der Waals surface area contributed by atoms with Gasteiger partial charge in [-0.25, -0.2) is 0 Å². The van der Waals surface area contributed by atoms with Crippen molar-refractivity contribution in [1.82, 2.24) is 25.3 Å². The zero-order valence-electron chi connectivity index (χ0n) is 18.0. The number of aryl methyl sites for hydroxylation is 2. The third-order valence-corrected chi connectivity index (χ3v) is 7.07. The molecule has 0 radical (unpaired) electrons. The molecule has 2 N–H and O–H groups in total. The van der Waals surface area contributed by atoms with Gasteiger partial charge in [0.15, 0.2) is 0 Å². The number of fused-ring (bicyclic) bond motifs is 1. The van der Waals surface area contributed by atoms with Crippen molar-refractivity contribution >= 4 is 30.7 Å². The maximum absolute atomic E-state index is 13.3. The van der Waals surface area contributed by atoms with Crippen LogP contribution >= 0.6 is 24.8 Å². The van der Waals surface area contributed by atoms with Crippen molar-refractivity contribution < 1.29 is 9.53 Å². The minimum absolute atomic E-state index is 0. The van der Waals surface area contributed by atoms with E-state index in [-0.39, 0.29) is 36.1 Å². The number of ether oxygens (including phenoxy) is 1. The Labute approximate surface area is 192 Å². The summed E-state index contributed by atoms with van der Waals surface area (Å²) in [6.07, 6.45) is 10.3. The molecule has 3 aliphatic rings. The van der Waals surface area contributed by atoms with E-state index < -0.39 is 0 Å². The van der Waals surface area contributed by atoms with Crippen LogP contribution in [0.3, 0.4) is 0 Å². The Bertz CT molecular complexity index is 668. The van der Waals surface area contributed by atoms with E-state index in [0.717, 1.165) is 84.5 Å². The normalized spacial score (nSPS) is 29.2. The molecule has 1 saturated carbocycles. The zero-order valence-corrected chi connectivity index (χ0v) is 19.6. The monoisotopic (exact) mass is 461 g/mol. The number of piperidine rings is 1. The van der Waals surface area contributed by atoms with Gasteiger partial charge in [0.05, 0.1) is 24.8 Å². The molecule has 3 fully saturated rings. The molecule has 4 rings (SSSR count). The average Bonchev–Trinajstić information content (AvgIpc) is 3.16. The minimum atomic E-state index is -0.213. The van der Waals surface area contributed by atoms with Gasteiger partial charge in [0.25, 0.3) is 0 Å². The lowest BCUT2D eigenvalue weighted by molar-refractivity contribution is -0.140. The Hall–Kier alpha value is -0.860. The summed E-state index contributed by atoms with van der Waals surface area (Å²) in [5, 5.41) is 11.0. The number of nitrogens with zero attached hydrogens (tertiary/aromatic N) is 3. The van der Waals surface area contributed by atoms with Crippen molar-refractivity contribution in [3.63, 3.8) is 0 Å². The molecule has 0 bridgehead atoms. The topological polar surface area (TPSA) is 71.4 Å². The van der Waals surface area contributed by atoms with Crippen LogP contribution in [0.4, 0.5) is 0 Å². The molecule has 30 heavy (non-hydrogen) atoms. The van der Waals surface area contributed by atoms with E-state index >= 15 is 0 Å². The highest BCUT2D eigenvalue weighted by Crippen LogP contribution is 2.46. The van der Waals surface area contributed by atoms with Gasteiger partial charge in [0.2, 0.25) is 5.91 Å². The average molecular weight is 462 g/mol. The van der Waals surface area contributed by atoms with Crippen molar-refractivity contribution in [3.05, 3.63) is 18.0 Å². The molecule has 7 nitrogen and oxygen atoms in total. The first-order valence-corrected chi connectivity index (χ1v) is 11.0. The van der Waals surface area contributed by atoms with Crippen molar-refractivity contribution in [2.45, 2.75) is 44.6 Å². The predicted molar refractivity (Wildman–Crippen MR) is 122 cm³/mol. The number of rotatable bonds is 6. The van der Waals surface area contributed by atoms with Gasteiger partial charge in [-0.3, -0.25) is 14.4 Å². The number of nitrogens with one attached hydrogen (secondary N) is 2. The SMILES string of the molecule is Cl.Cl.Cn1cc(CCCNC(=O)[C@@]23CC[C@H](N4CCOCC4)C[C@H]2CCNC3)cn1. The van der Waals surface area contributed by atoms with Gasteiger partial charge in [-0.1, -0.05) is 0 Å². The Morgan fingerprint density at radius 2 is 2.13 bits per heavy atom. The molecule has 0 spiro atoms. The van der Waals surface area contributed by atoms with Gasteiger partial charge in [-0.2, -0.15) is 5.10 Å². The van der Waals surface area contributed by atoms with Crippen LogP contribution in [0.1, 0.15) is 37.7 Å². The second-order valence-corrected chi connectivity index (χ2v) is 8.78. The standard InChI is InChI=1S/C21H35N5O2.2ClH/c1-25-15-17(14-24-25)3-2-7-23-20(27)21-6-4-19(26-9-11-28-12-10-26)13-18(21)5-8-22-16-21;;/h14-15,18-19,22H,2-13,16H2,1H3,(H,23,27);2*1H/t18-,19+,21-;;/m1../s1. The van der Waals surface area contributed by atoms with Crippen molar-refractivity contribution in [2.75, 3.05) is 45.9 Å². The molecule has 1 aliphatic carbocycles. The Kier molecular flexibility index (Phi) is 9.88. The van der Waals surface area contributed by atoms with E-state index in [4.69, 9.17) is 4.74 Å². The summed E-state index contributed by atoms with van der Waals surface area (Å²) >= 11 is 0. The highest BCUT2D eigenvalue weighted by Gasteiger charge is 2.50. The zero-order chi connectivity index (χ0) is 19.4. The molecular weight excluding hydrogens is 425 g/mol. The summed E-state index contributed by atoms with van der Waals surface area (Å²) in [5.41, 5.74) is 1.02. The second kappa shape index (κ2) is 11.7. The van der Waals surface area contributed by atoms with Gasteiger partial charge in [-0.15, -0.1) is 24.8 Å². The fourth-order valence-electron chi connectivity index (χ4n) is 5.44. The summed E-state index contributed by atoms with van der Waals surface area (Å²) < 4.78 is 7.35. The Morgan fingerprint density at radius 1 is 1.33 bits per heavy atom.